The standard InChI is InChI=1S/C16H14FNO2/c17-14-6-3-4-12(10-14)11-18-16(20)9-8-13-5-1-2-7-15(13)19/h1-10,19H,11H2,(H,18,20)/b9-8+. The van der Waals surface area contributed by atoms with Gasteiger partial charge in [-0.3, -0.25) is 4.79 Å². The number of benzene rings is 2. The van der Waals surface area contributed by atoms with Gasteiger partial charge in [0.05, 0.1) is 0 Å². The van der Waals surface area contributed by atoms with Crippen molar-refractivity contribution < 1.29 is 14.3 Å². The zero-order chi connectivity index (χ0) is 14.4. The Morgan fingerprint density at radius 1 is 1.20 bits per heavy atom. The smallest absolute Gasteiger partial charge is 0.244 e. The molecule has 2 aromatic rings. The summed E-state index contributed by atoms with van der Waals surface area (Å²) in [4.78, 5) is 11.6. The van der Waals surface area contributed by atoms with Gasteiger partial charge in [0.15, 0.2) is 0 Å². The molecule has 102 valence electrons. The first kappa shape index (κ1) is 13.8. The van der Waals surface area contributed by atoms with Crippen LogP contribution in [0.25, 0.3) is 6.08 Å². The van der Waals surface area contributed by atoms with Crippen LogP contribution in [-0.2, 0) is 11.3 Å². The largest absolute Gasteiger partial charge is 0.507 e. The number of hydrogen-bond donors (Lipinski definition) is 2. The van der Waals surface area contributed by atoms with Crippen molar-refractivity contribution >= 4 is 12.0 Å². The first-order valence-corrected chi connectivity index (χ1v) is 6.13. The van der Waals surface area contributed by atoms with Crippen LogP contribution in [0.1, 0.15) is 11.1 Å². The molecule has 0 fully saturated rings. The minimum atomic E-state index is -0.332. The molecule has 0 aliphatic heterocycles. The minimum absolute atomic E-state index is 0.113. The molecule has 2 aromatic carbocycles. The van der Waals surface area contributed by atoms with Gasteiger partial charge in [0.2, 0.25) is 5.91 Å². The van der Waals surface area contributed by atoms with Crippen LogP contribution in [0.15, 0.2) is 54.6 Å². The van der Waals surface area contributed by atoms with Crippen molar-refractivity contribution in [1.82, 2.24) is 5.32 Å². The number of hydrogen-bond acceptors (Lipinski definition) is 2. The number of para-hydroxylation sites is 1. The first-order chi connectivity index (χ1) is 9.65. The number of nitrogens with one attached hydrogen (secondary N) is 1. The van der Waals surface area contributed by atoms with Crippen molar-refractivity contribution in [3.63, 3.8) is 0 Å². The minimum Gasteiger partial charge on any atom is -0.507 e. The van der Waals surface area contributed by atoms with Crippen LogP contribution in [-0.4, -0.2) is 11.0 Å². The summed E-state index contributed by atoms with van der Waals surface area (Å²) in [7, 11) is 0. The van der Waals surface area contributed by atoms with Gasteiger partial charge in [-0.05, 0) is 29.8 Å². The second-order valence-corrected chi connectivity index (χ2v) is 4.24. The fourth-order valence-corrected chi connectivity index (χ4v) is 1.69. The molecule has 2 rings (SSSR count). The van der Waals surface area contributed by atoms with Crippen LogP contribution in [0.2, 0.25) is 0 Å². The normalized spacial score (nSPS) is 10.7. The van der Waals surface area contributed by atoms with Gasteiger partial charge in [-0.25, -0.2) is 4.39 Å². The molecule has 0 aromatic heterocycles. The zero-order valence-electron chi connectivity index (χ0n) is 10.7. The van der Waals surface area contributed by atoms with E-state index in [1.165, 1.54) is 24.3 Å². The van der Waals surface area contributed by atoms with Crippen molar-refractivity contribution in [2.45, 2.75) is 6.54 Å². The topological polar surface area (TPSA) is 49.3 Å². The highest BCUT2D eigenvalue weighted by Gasteiger charge is 1.99. The van der Waals surface area contributed by atoms with E-state index in [1.807, 2.05) is 0 Å². The van der Waals surface area contributed by atoms with E-state index in [4.69, 9.17) is 0 Å². The predicted molar refractivity (Wildman–Crippen MR) is 75.4 cm³/mol. The number of rotatable bonds is 4. The van der Waals surface area contributed by atoms with Gasteiger partial charge in [0.25, 0.3) is 0 Å². The van der Waals surface area contributed by atoms with Crippen LogP contribution in [0.5, 0.6) is 5.75 Å². The Hall–Kier alpha value is -2.62. The highest BCUT2D eigenvalue weighted by molar-refractivity contribution is 5.92. The fourth-order valence-electron chi connectivity index (χ4n) is 1.69. The Morgan fingerprint density at radius 3 is 2.75 bits per heavy atom. The summed E-state index contributed by atoms with van der Waals surface area (Å²) in [5, 5.41) is 12.2. The zero-order valence-corrected chi connectivity index (χ0v) is 10.7. The summed E-state index contributed by atoms with van der Waals surface area (Å²) in [5.74, 6) is -0.527. The highest BCUT2D eigenvalue weighted by atomic mass is 19.1. The van der Waals surface area contributed by atoms with Gasteiger partial charge in [0, 0.05) is 18.2 Å². The number of carbonyl (C=O) groups excluding carboxylic acids is 1. The number of phenols is 1. The molecule has 3 nitrogen and oxygen atoms in total. The van der Waals surface area contributed by atoms with E-state index in [0.717, 1.165) is 0 Å². The lowest BCUT2D eigenvalue weighted by atomic mass is 10.2. The molecule has 20 heavy (non-hydrogen) atoms. The number of phenolic OH excluding ortho intramolecular Hbond substituents is 1. The molecule has 2 N–H and O–H groups in total. The van der Waals surface area contributed by atoms with Crippen molar-refractivity contribution in [2.24, 2.45) is 0 Å². The quantitative estimate of drug-likeness (QED) is 0.840. The molecule has 0 heterocycles. The lowest BCUT2D eigenvalue weighted by Crippen LogP contribution is -2.20. The van der Waals surface area contributed by atoms with Crippen molar-refractivity contribution in [2.75, 3.05) is 0 Å². The van der Waals surface area contributed by atoms with Gasteiger partial charge < -0.3 is 10.4 Å². The Labute approximate surface area is 116 Å². The molecule has 0 unspecified atom stereocenters. The lowest BCUT2D eigenvalue weighted by Gasteiger charge is -2.02. The van der Waals surface area contributed by atoms with Gasteiger partial charge >= 0.3 is 0 Å². The molecule has 0 aliphatic carbocycles. The summed E-state index contributed by atoms with van der Waals surface area (Å²) >= 11 is 0. The highest BCUT2D eigenvalue weighted by Crippen LogP contribution is 2.16. The maximum atomic E-state index is 13.0. The third-order valence-corrected chi connectivity index (χ3v) is 2.71. The Morgan fingerprint density at radius 2 is 2.00 bits per heavy atom. The van der Waals surface area contributed by atoms with E-state index < -0.39 is 0 Å². The second-order valence-electron chi connectivity index (χ2n) is 4.24. The first-order valence-electron chi connectivity index (χ1n) is 6.13. The fraction of sp³-hybridized carbons (Fsp3) is 0.0625. The molecule has 0 atom stereocenters. The third-order valence-electron chi connectivity index (χ3n) is 2.71. The molecule has 4 heteroatoms. The van der Waals surface area contributed by atoms with Crippen LogP contribution >= 0.6 is 0 Å². The van der Waals surface area contributed by atoms with E-state index >= 15 is 0 Å². The maximum Gasteiger partial charge on any atom is 0.244 e. The van der Waals surface area contributed by atoms with Crippen LogP contribution in [0.4, 0.5) is 4.39 Å². The van der Waals surface area contributed by atoms with Crippen molar-refractivity contribution in [1.29, 1.82) is 0 Å². The van der Waals surface area contributed by atoms with Crippen molar-refractivity contribution in [3.05, 3.63) is 71.6 Å². The number of aromatic hydroxyl groups is 1. The molecule has 0 saturated heterocycles. The monoisotopic (exact) mass is 271 g/mol. The van der Waals surface area contributed by atoms with Gasteiger partial charge in [0.1, 0.15) is 11.6 Å². The molecular weight excluding hydrogens is 257 g/mol. The Balaban J connectivity index is 1.91. The maximum absolute atomic E-state index is 13.0. The SMILES string of the molecule is O=C(/C=C/c1ccccc1O)NCc1cccc(F)c1. The summed E-state index contributed by atoms with van der Waals surface area (Å²) < 4.78 is 13.0. The summed E-state index contributed by atoms with van der Waals surface area (Å²) in [6.07, 6.45) is 2.85. The van der Waals surface area contributed by atoms with Gasteiger partial charge in [-0.1, -0.05) is 30.3 Å². The number of amides is 1. The van der Waals surface area contributed by atoms with E-state index in [0.29, 0.717) is 11.1 Å². The predicted octanol–water partition coefficient (Wildman–Crippen LogP) is 2.86. The summed E-state index contributed by atoms with van der Waals surface area (Å²) in [6.45, 7) is 0.252. The number of carbonyl (C=O) groups is 1. The molecule has 0 spiro atoms. The number of halogens is 1. The second kappa shape index (κ2) is 6.52. The van der Waals surface area contributed by atoms with Crippen LogP contribution in [0, 0.1) is 5.82 Å². The Bertz CT molecular complexity index is 638. The van der Waals surface area contributed by atoms with E-state index in [1.54, 1.807) is 36.4 Å². The van der Waals surface area contributed by atoms with E-state index in [2.05, 4.69) is 5.32 Å². The Kier molecular flexibility index (Phi) is 4.50. The third kappa shape index (κ3) is 3.95. The summed E-state index contributed by atoms with van der Waals surface area (Å²) in [6, 6.07) is 12.8. The van der Waals surface area contributed by atoms with E-state index in [-0.39, 0.29) is 24.0 Å². The van der Waals surface area contributed by atoms with Crippen LogP contribution < -0.4 is 5.32 Å². The van der Waals surface area contributed by atoms with Crippen molar-refractivity contribution in [3.8, 4) is 5.75 Å². The van der Waals surface area contributed by atoms with Gasteiger partial charge in [-0.15, -0.1) is 0 Å². The van der Waals surface area contributed by atoms with Crippen LogP contribution in [0.3, 0.4) is 0 Å². The average Bonchev–Trinajstić information content (AvgIpc) is 2.44. The summed E-state index contributed by atoms with van der Waals surface area (Å²) in [5.41, 5.74) is 1.25. The van der Waals surface area contributed by atoms with E-state index in [9.17, 15) is 14.3 Å². The molecule has 0 bridgehead atoms. The van der Waals surface area contributed by atoms with Gasteiger partial charge in [-0.2, -0.15) is 0 Å². The molecule has 0 saturated carbocycles. The molecule has 0 aliphatic rings. The molecule has 0 radical (unpaired) electrons. The molecular formula is C16H14FNO2. The average molecular weight is 271 g/mol. The lowest BCUT2D eigenvalue weighted by molar-refractivity contribution is -0.116. The molecule has 1 amide bonds.